The Bertz CT molecular complexity index is 631. The first-order chi connectivity index (χ1) is 9.68. The number of benzene rings is 1. The van der Waals surface area contributed by atoms with Crippen molar-refractivity contribution in [1.82, 2.24) is 4.90 Å². The van der Waals surface area contributed by atoms with E-state index in [4.69, 9.17) is 10.7 Å². The Hall–Kier alpha value is -1.14. The zero-order valence-corrected chi connectivity index (χ0v) is 13.9. The molecule has 0 aliphatic rings. The van der Waals surface area contributed by atoms with E-state index in [2.05, 4.69) is 6.92 Å². The van der Waals surface area contributed by atoms with Crippen molar-refractivity contribution in [2.75, 3.05) is 13.6 Å². The summed E-state index contributed by atoms with van der Waals surface area (Å²) in [5.74, 6) is -1.19. The molecule has 0 radical (unpaired) electrons. The van der Waals surface area contributed by atoms with Crippen molar-refractivity contribution >= 4 is 25.6 Å². The van der Waals surface area contributed by atoms with Crippen molar-refractivity contribution in [3.8, 4) is 0 Å². The van der Waals surface area contributed by atoms with Gasteiger partial charge >= 0.3 is 0 Å². The molecule has 0 N–H and O–H groups in total. The van der Waals surface area contributed by atoms with Crippen molar-refractivity contribution < 1.29 is 17.6 Å². The summed E-state index contributed by atoms with van der Waals surface area (Å²) in [7, 11) is 2.78. The van der Waals surface area contributed by atoms with Gasteiger partial charge in [-0.25, -0.2) is 12.8 Å². The SMILES string of the molecule is CCCCCN(C)C(=O)c1cc(F)c(C)c(S(=O)(=O)Cl)c1. The molecule has 0 saturated carbocycles. The Morgan fingerprint density at radius 2 is 1.95 bits per heavy atom. The summed E-state index contributed by atoms with van der Waals surface area (Å²) in [6, 6.07) is 2.17. The second-order valence-corrected chi connectivity index (χ2v) is 7.49. The number of hydrogen-bond donors (Lipinski definition) is 0. The molecule has 1 aromatic carbocycles. The van der Waals surface area contributed by atoms with Crippen molar-refractivity contribution in [3.05, 3.63) is 29.1 Å². The Balaban J connectivity index is 3.09. The minimum absolute atomic E-state index is 0.0173. The molecule has 0 aliphatic carbocycles. The summed E-state index contributed by atoms with van der Waals surface area (Å²) in [5, 5.41) is 0. The Labute approximate surface area is 129 Å². The second-order valence-electron chi connectivity index (χ2n) is 4.95. The summed E-state index contributed by atoms with van der Waals surface area (Å²) in [4.78, 5) is 13.3. The zero-order chi connectivity index (χ0) is 16.2. The van der Waals surface area contributed by atoms with E-state index in [0.717, 1.165) is 31.4 Å². The molecule has 1 amide bonds. The van der Waals surface area contributed by atoms with Gasteiger partial charge in [0, 0.05) is 35.4 Å². The van der Waals surface area contributed by atoms with Gasteiger partial charge in [-0.15, -0.1) is 0 Å². The van der Waals surface area contributed by atoms with Gasteiger partial charge < -0.3 is 4.90 Å². The minimum Gasteiger partial charge on any atom is -0.342 e. The molecule has 1 aromatic rings. The van der Waals surface area contributed by atoms with Gasteiger partial charge in [0.05, 0.1) is 4.90 Å². The molecule has 0 saturated heterocycles. The molecule has 4 nitrogen and oxygen atoms in total. The maximum absolute atomic E-state index is 13.8. The van der Waals surface area contributed by atoms with Crippen LogP contribution < -0.4 is 0 Å². The third-order valence-electron chi connectivity index (χ3n) is 3.25. The topological polar surface area (TPSA) is 54.5 Å². The standard InChI is InChI=1S/C14H19ClFNO3S/c1-4-5-6-7-17(3)14(18)11-8-12(16)10(2)13(9-11)21(15,19)20/h8-9H,4-7H2,1-3H3. The van der Waals surface area contributed by atoms with E-state index in [1.807, 2.05) is 0 Å². The Kier molecular flexibility index (Phi) is 6.16. The number of nitrogens with zero attached hydrogens (tertiary/aromatic N) is 1. The van der Waals surface area contributed by atoms with E-state index in [1.54, 1.807) is 7.05 Å². The fraction of sp³-hybridized carbons (Fsp3) is 0.500. The summed E-state index contributed by atoms with van der Waals surface area (Å²) < 4.78 is 36.7. The molecule has 0 unspecified atom stereocenters. The number of rotatable bonds is 6. The average molecular weight is 336 g/mol. The number of halogens is 2. The van der Waals surface area contributed by atoms with Crippen LogP contribution in [0.25, 0.3) is 0 Å². The molecule has 0 atom stereocenters. The van der Waals surface area contributed by atoms with E-state index in [1.165, 1.54) is 11.8 Å². The summed E-state index contributed by atoms with van der Waals surface area (Å²) in [5.41, 5.74) is -0.105. The maximum Gasteiger partial charge on any atom is 0.261 e. The predicted octanol–water partition coefficient (Wildman–Crippen LogP) is 3.32. The number of unbranched alkanes of at least 4 members (excludes halogenated alkanes) is 2. The summed E-state index contributed by atoms with van der Waals surface area (Å²) in [6.07, 6.45) is 2.85. The highest BCUT2D eigenvalue weighted by atomic mass is 35.7. The molecular weight excluding hydrogens is 317 g/mol. The summed E-state index contributed by atoms with van der Waals surface area (Å²) >= 11 is 0. The van der Waals surface area contributed by atoms with Crippen molar-refractivity contribution in [1.29, 1.82) is 0 Å². The predicted molar refractivity (Wildman–Crippen MR) is 80.7 cm³/mol. The van der Waals surface area contributed by atoms with Crippen LogP contribution in [0.3, 0.4) is 0 Å². The smallest absolute Gasteiger partial charge is 0.261 e. The lowest BCUT2D eigenvalue weighted by molar-refractivity contribution is 0.0792. The highest BCUT2D eigenvalue weighted by Crippen LogP contribution is 2.24. The first kappa shape index (κ1) is 17.9. The van der Waals surface area contributed by atoms with Crippen LogP contribution in [0.4, 0.5) is 4.39 Å². The van der Waals surface area contributed by atoms with Gasteiger partial charge in [-0.2, -0.15) is 0 Å². The molecule has 118 valence electrons. The van der Waals surface area contributed by atoms with Gasteiger partial charge in [0.25, 0.3) is 15.0 Å². The quantitative estimate of drug-likeness (QED) is 0.592. The molecule has 0 bridgehead atoms. The fourth-order valence-corrected chi connectivity index (χ4v) is 3.16. The van der Waals surface area contributed by atoms with Crippen LogP contribution in [-0.2, 0) is 9.05 Å². The highest BCUT2D eigenvalue weighted by molar-refractivity contribution is 8.13. The van der Waals surface area contributed by atoms with Crippen molar-refractivity contribution in [2.45, 2.75) is 38.0 Å². The number of carbonyl (C=O) groups is 1. The number of hydrogen-bond acceptors (Lipinski definition) is 3. The molecule has 1 rings (SSSR count). The van der Waals surface area contributed by atoms with E-state index < -0.39 is 20.8 Å². The first-order valence-electron chi connectivity index (χ1n) is 6.68. The van der Waals surface area contributed by atoms with Crippen LogP contribution in [0.15, 0.2) is 17.0 Å². The van der Waals surface area contributed by atoms with E-state index >= 15 is 0 Å². The monoisotopic (exact) mass is 335 g/mol. The molecule has 0 aliphatic heterocycles. The molecule has 0 spiro atoms. The molecule has 0 aromatic heterocycles. The highest BCUT2D eigenvalue weighted by Gasteiger charge is 2.21. The maximum atomic E-state index is 13.8. The first-order valence-corrected chi connectivity index (χ1v) is 8.99. The minimum atomic E-state index is -4.10. The van der Waals surface area contributed by atoms with Crippen LogP contribution in [-0.4, -0.2) is 32.8 Å². The number of carbonyl (C=O) groups excluding carboxylic acids is 1. The fourth-order valence-electron chi connectivity index (χ4n) is 1.95. The second kappa shape index (κ2) is 7.22. The van der Waals surface area contributed by atoms with Crippen molar-refractivity contribution in [2.24, 2.45) is 0 Å². The third kappa shape index (κ3) is 4.68. The lowest BCUT2D eigenvalue weighted by Gasteiger charge is -2.18. The Morgan fingerprint density at radius 1 is 1.33 bits per heavy atom. The van der Waals surface area contributed by atoms with Gasteiger partial charge in [-0.05, 0) is 25.5 Å². The van der Waals surface area contributed by atoms with Gasteiger partial charge in [-0.3, -0.25) is 4.79 Å². The van der Waals surface area contributed by atoms with Gasteiger partial charge in [0.15, 0.2) is 0 Å². The van der Waals surface area contributed by atoms with Gasteiger partial charge in [-0.1, -0.05) is 19.8 Å². The molecule has 7 heteroatoms. The third-order valence-corrected chi connectivity index (χ3v) is 4.70. The average Bonchev–Trinajstić information content (AvgIpc) is 2.39. The van der Waals surface area contributed by atoms with Crippen LogP contribution in [0.2, 0.25) is 0 Å². The van der Waals surface area contributed by atoms with Gasteiger partial charge in [0.2, 0.25) is 0 Å². The molecule has 0 fully saturated rings. The molecule has 0 heterocycles. The van der Waals surface area contributed by atoms with Crippen LogP contribution in [0.1, 0.15) is 42.1 Å². The van der Waals surface area contributed by atoms with Crippen molar-refractivity contribution in [3.63, 3.8) is 0 Å². The zero-order valence-electron chi connectivity index (χ0n) is 12.3. The van der Waals surface area contributed by atoms with E-state index in [0.29, 0.717) is 6.54 Å². The van der Waals surface area contributed by atoms with E-state index in [9.17, 15) is 17.6 Å². The van der Waals surface area contributed by atoms with Gasteiger partial charge in [0.1, 0.15) is 5.82 Å². The lowest BCUT2D eigenvalue weighted by Crippen LogP contribution is -2.28. The molecular formula is C14H19ClFNO3S. The Morgan fingerprint density at radius 3 is 2.48 bits per heavy atom. The summed E-state index contributed by atoms with van der Waals surface area (Å²) in [6.45, 7) is 3.89. The largest absolute Gasteiger partial charge is 0.342 e. The van der Waals surface area contributed by atoms with Crippen LogP contribution >= 0.6 is 10.7 Å². The number of amides is 1. The lowest BCUT2D eigenvalue weighted by atomic mass is 10.1. The van der Waals surface area contributed by atoms with E-state index in [-0.39, 0.29) is 16.0 Å². The normalized spacial score (nSPS) is 11.5. The van der Waals surface area contributed by atoms with Crippen LogP contribution in [0, 0.1) is 12.7 Å². The molecule has 21 heavy (non-hydrogen) atoms. The van der Waals surface area contributed by atoms with Crippen LogP contribution in [0.5, 0.6) is 0 Å².